The summed E-state index contributed by atoms with van der Waals surface area (Å²) < 4.78 is 68.8. The Morgan fingerprint density at radius 3 is 2.42 bits per heavy atom. The monoisotopic (exact) mass is 438 g/mol. The number of nitrogens with zero attached hydrogens (tertiary/aromatic N) is 3. The van der Waals surface area contributed by atoms with Gasteiger partial charge in [-0.1, -0.05) is 18.2 Å². The van der Waals surface area contributed by atoms with Crippen molar-refractivity contribution in [3.63, 3.8) is 0 Å². The van der Waals surface area contributed by atoms with E-state index >= 15 is 0 Å². The summed E-state index contributed by atoms with van der Waals surface area (Å²) in [7, 11) is 0. The molecule has 5 nitrogen and oxygen atoms in total. The smallest absolute Gasteiger partial charge is 0.266 e. The summed E-state index contributed by atoms with van der Waals surface area (Å²) in [6.07, 6.45) is -4.04. The molecule has 31 heavy (non-hydrogen) atoms. The van der Waals surface area contributed by atoms with Gasteiger partial charge in [-0.05, 0) is 26.7 Å². The van der Waals surface area contributed by atoms with Crippen molar-refractivity contribution in [2.75, 3.05) is 5.32 Å². The fourth-order valence-electron chi connectivity index (χ4n) is 3.72. The first-order valence-corrected chi connectivity index (χ1v) is 9.67. The van der Waals surface area contributed by atoms with Crippen LogP contribution in [-0.2, 0) is 5.54 Å². The molecule has 3 aromatic rings. The Morgan fingerprint density at radius 1 is 1.13 bits per heavy atom. The zero-order valence-corrected chi connectivity index (χ0v) is 16.7. The molecule has 1 aliphatic carbocycles. The second kappa shape index (κ2) is 7.58. The van der Waals surface area contributed by atoms with Crippen LogP contribution < -0.4 is 10.9 Å². The molecule has 1 saturated carbocycles. The van der Waals surface area contributed by atoms with Crippen LogP contribution in [0.25, 0.3) is 10.9 Å². The Labute approximate surface area is 173 Å². The maximum absolute atomic E-state index is 14.6. The average Bonchev–Trinajstić information content (AvgIpc) is 3.49. The van der Waals surface area contributed by atoms with Crippen LogP contribution in [0.15, 0.2) is 35.3 Å². The summed E-state index contributed by atoms with van der Waals surface area (Å²) in [6.45, 7) is 3.15. The minimum atomic E-state index is -2.97. The first-order chi connectivity index (χ1) is 14.6. The highest BCUT2D eigenvalue weighted by atomic mass is 19.3. The summed E-state index contributed by atoms with van der Waals surface area (Å²) in [5.41, 5.74) is -2.61. The van der Waals surface area contributed by atoms with Gasteiger partial charge in [0.25, 0.3) is 18.4 Å². The highest BCUT2D eigenvalue weighted by Crippen LogP contribution is 2.48. The second-order valence-electron chi connectivity index (χ2n) is 7.72. The van der Waals surface area contributed by atoms with Gasteiger partial charge in [0.15, 0.2) is 0 Å². The number of hydrogen-bond acceptors (Lipinski definition) is 4. The standard InChI is InChI=1S/C21H19F5N4O/c1-10(12-4-3-5-13(17(12)22)18(23)24)27-19-14-9-30(21(6-7-21)20(25)26)16(31)8-15(14)28-11(2)29-19/h3-5,8-10,18,20H,6-7H2,1-2H3,(H,27,28,29). The third-order valence-corrected chi connectivity index (χ3v) is 5.60. The zero-order chi connectivity index (χ0) is 22.5. The number of benzene rings is 1. The molecular formula is C21H19F5N4O. The van der Waals surface area contributed by atoms with E-state index in [-0.39, 0.29) is 29.7 Å². The third-order valence-electron chi connectivity index (χ3n) is 5.60. The van der Waals surface area contributed by atoms with Gasteiger partial charge in [-0.25, -0.2) is 31.9 Å². The largest absolute Gasteiger partial charge is 0.363 e. The van der Waals surface area contributed by atoms with E-state index in [9.17, 15) is 26.7 Å². The van der Waals surface area contributed by atoms with E-state index in [4.69, 9.17) is 0 Å². The Morgan fingerprint density at radius 2 is 1.81 bits per heavy atom. The maximum Gasteiger partial charge on any atom is 0.266 e. The molecular weight excluding hydrogens is 419 g/mol. The van der Waals surface area contributed by atoms with E-state index in [1.54, 1.807) is 13.8 Å². The number of aryl methyl sites for hydroxylation is 1. The molecule has 0 bridgehead atoms. The van der Waals surface area contributed by atoms with Crippen molar-refractivity contribution < 1.29 is 22.0 Å². The Hall–Kier alpha value is -3.04. The number of aromatic nitrogens is 3. The predicted octanol–water partition coefficient (Wildman–Crippen LogP) is 5.10. The number of fused-ring (bicyclic) bond motifs is 1. The number of anilines is 1. The molecule has 10 heteroatoms. The third kappa shape index (κ3) is 3.64. The molecule has 1 atom stereocenters. The van der Waals surface area contributed by atoms with Gasteiger partial charge in [0.2, 0.25) is 0 Å². The summed E-state index contributed by atoms with van der Waals surface area (Å²) in [5.74, 6) is -0.536. The van der Waals surface area contributed by atoms with Gasteiger partial charge in [0.05, 0.1) is 22.5 Å². The Balaban J connectivity index is 1.79. The van der Waals surface area contributed by atoms with E-state index in [1.807, 2.05) is 0 Å². The lowest BCUT2D eigenvalue weighted by atomic mass is 10.0. The van der Waals surface area contributed by atoms with E-state index in [2.05, 4.69) is 15.3 Å². The summed E-state index contributed by atoms with van der Waals surface area (Å²) >= 11 is 0. The molecule has 1 aliphatic rings. The maximum atomic E-state index is 14.6. The molecule has 2 aromatic heterocycles. The van der Waals surface area contributed by atoms with Crippen molar-refractivity contribution in [3.8, 4) is 0 Å². The van der Waals surface area contributed by atoms with Crippen LogP contribution in [0.2, 0.25) is 0 Å². The zero-order valence-electron chi connectivity index (χ0n) is 16.7. The molecule has 0 saturated heterocycles. The first kappa shape index (κ1) is 21.2. The fourth-order valence-corrected chi connectivity index (χ4v) is 3.72. The van der Waals surface area contributed by atoms with Gasteiger partial charge >= 0.3 is 0 Å². The number of nitrogens with one attached hydrogen (secondary N) is 1. The minimum absolute atomic E-state index is 0.00165. The average molecular weight is 438 g/mol. The van der Waals surface area contributed by atoms with Crippen molar-refractivity contribution in [2.45, 2.75) is 51.1 Å². The summed E-state index contributed by atoms with van der Waals surface area (Å²) in [6, 6.07) is 4.11. The summed E-state index contributed by atoms with van der Waals surface area (Å²) in [5, 5.41) is 3.26. The lowest BCUT2D eigenvalue weighted by molar-refractivity contribution is 0.0654. The van der Waals surface area contributed by atoms with Gasteiger partial charge < -0.3 is 9.88 Å². The highest BCUT2D eigenvalue weighted by Gasteiger charge is 2.53. The molecule has 1 fully saturated rings. The van der Waals surface area contributed by atoms with Crippen molar-refractivity contribution in [2.24, 2.45) is 0 Å². The van der Waals surface area contributed by atoms with Crippen molar-refractivity contribution in [1.29, 1.82) is 0 Å². The molecule has 0 amide bonds. The first-order valence-electron chi connectivity index (χ1n) is 9.67. The molecule has 0 spiro atoms. The number of halogens is 5. The Kier molecular flexibility index (Phi) is 5.18. The molecule has 4 rings (SSSR count). The van der Waals surface area contributed by atoms with Crippen molar-refractivity contribution in [3.05, 3.63) is 63.6 Å². The van der Waals surface area contributed by atoms with Gasteiger partial charge in [-0.15, -0.1) is 0 Å². The fraction of sp³-hybridized carbons (Fsp3) is 0.381. The number of alkyl halides is 4. The van der Waals surface area contributed by atoms with Gasteiger partial charge in [0.1, 0.15) is 23.0 Å². The molecule has 164 valence electrons. The van der Waals surface area contributed by atoms with Crippen LogP contribution >= 0.6 is 0 Å². The quantitative estimate of drug-likeness (QED) is 0.544. The lowest BCUT2D eigenvalue weighted by Crippen LogP contribution is -2.35. The molecule has 2 heterocycles. The van der Waals surface area contributed by atoms with Gasteiger partial charge in [-0.3, -0.25) is 4.79 Å². The molecule has 0 radical (unpaired) electrons. The predicted molar refractivity (Wildman–Crippen MR) is 105 cm³/mol. The molecule has 1 N–H and O–H groups in total. The minimum Gasteiger partial charge on any atom is -0.363 e. The van der Waals surface area contributed by atoms with E-state index in [0.29, 0.717) is 11.2 Å². The number of rotatable bonds is 6. The molecule has 1 aromatic carbocycles. The Bertz CT molecular complexity index is 1210. The normalized spacial score (nSPS) is 16.2. The summed E-state index contributed by atoms with van der Waals surface area (Å²) in [4.78, 5) is 20.9. The van der Waals surface area contributed by atoms with E-state index in [1.165, 1.54) is 24.4 Å². The van der Waals surface area contributed by atoms with Crippen LogP contribution in [0.4, 0.5) is 27.8 Å². The van der Waals surface area contributed by atoms with E-state index < -0.39 is 41.4 Å². The SMILES string of the molecule is Cc1nc(NC(C)c2cccc(C(F)F)c2F)c2cn(C3(C(F)F)CC3)c(=O)cc2n1. The van der Waals surface area contributed by atoms with Gasteiger partial charge in [-0.2, -0.15) is 0 Å². The van der Waals surface area contributed by atoms with E-state index in [0.717, 1.165) is 10.6 Å². The van der Waals surface area contributed by atoms with Crippen LogP contribution in [0.3, 0.4) is 0 Å². The molecule has 1 unspecified atom stereocenters. The second-order valence-corrected chi connectivity index (χ2v) is 7.72. The van der Waals surface area contributed by atoms with Crippen LogP contribution in [-0.4, -0.2) is 21.0 Å². The topological polar surface area (TPSA) is 59.8 Å². The number of pyridine rings is 1. The van der Waals surface area contributed by atoms with Gasteiger partial charge in [0, 0.05) is 17.8 Å². The lowest BCUT2D eigenvalue weighted by Gasteiger charge is -2.21. The van der Waals surface area contributed by atoms with Crippen LogP contribution in [0.5, 0.6) is 0 Å². The van der Waals surface area contributed by atoms with Crippen molar-refractivity contribution >= 4 is 16.7 Å². The molecule has 0 aliphatic heterocycles. The highest BCUT2D eigenvalue weighted by molar-refractivity contribution is 5.88. The van der Waals surface area contributed by atoms with Crippen molar-refractivity contribution in [1.82, 2.24) is 14.5 Å². The van der Waals surface area contributed by atoms with Crippen LogP contribution in [0.1, 0.15) is 49.2 Å². The number of hydrogen-bond donors (Lipinski definition) is 1. The van der Waals surface area contributed by atoms with Crippen LogP contribution in [0, 0.1) is 12.7 Å².